The first kappa shape index (κ1) is 14.8. The van der Waals surface area contributed by atoms with Gasteiger partial charge in [-0.2, -0.15) is 0 Å². The van der Waals surface area contributed by atoms with E-state index in [4.69, 9.17) is 10.5 Å². The molecule has 106 valence electrons. The van der Waals surface area contributed by atoms with Gasteiger partial charge in [0.05, 0.1) is 11.3 Å². The Morgan fingerprint density at radius 3 is 2.84 bits per heavy atom. The normalized spacial score (nSPS) is 23.7. The number of hydrogen-bond donors (Lipinski definition) is 2. The van der Waals surface area contributed by atoms with Gasteiger partial charge >= 0.3 is 0 Å². The Balaban J connectivity index is 2.14. The summed E-state index contributed by atoms with van der Waals surface area (Å²) in [5, 5.41) is 0. The van der Waals surface area contributed by atoms with E-state index in [0.717, 1.165) is 17.3 Å². The number of hydrogen-bond acceptors (Lipinski definition) is 4. The second-order valence-electron chi connectivity index (χ2n) is 4.91. The van der Waals surface area contributed by atoms with Crippen LogP contribution in [0, 0.1) is 0 Å². The zero-order chi connectivity index (χ0) is 14.1. The number of nitrogens with one attached hydrogen (secondary N) is 1. The standard InChI is InChI=1S/C12H17BrN2O3S/c1-12(5-2-6-18-12)8-15-19(16,17)11-4-3-9(13)7-10(11)14/h3-4,7,15H,2,5-6,8,14H2,1H3. The molecule has 0 amide bonds. The maximum Gasteiger partial charge on any atom is 0.242 e. The van der Waals surface area contributed by atoms with Crippen LogP contribution in [0.5, 0.6) is 0 Å². The zero-order valence-electron chi connectivity index (χ0n) is 10.6. The molecule has 0 saturated carbocycles. The molecule has 1 unspecified atom stereocenters. The van der Waals surface area contributed by atoms with Crippen molar-refractivity contribution in [3.05, 3.63) is 22.7 Å². The van der Waals surface area contributed by atoms with Crippen LogP contribution in [0.15, 0.2) is 27.6 Å². The number of nitrogen functional groups attached to an aromatic ring is 1. The van der Waals surface area contributed by atoms with E-state index in [2.05, 4.69) is 20.7 Å². The van der Waals surface area contributed by atoms with Crippen molar-refractivity contribution in [3.8, 4) is 0 Å². The largest absolute Gasteiger partial charge is 0.398 e. The predicted molar refractivity (Wildman–Crippen MR) is 77.3 cm³/mol. The highest BCUT2D eigenvalue weighted by Gasteiger charge is 2.31. The zero-order valence-corrected chi connectivity index (χ0v) is 13.1. The number of ether oxygens (including phenoxy) is 1. The molecule has 2 rings (SSSR count). The molecule has 0 bridgehead atoms. The topological polar surface area (TPSA) is 81.4 Å². The molecule has 1 aromatic carbocycles. The Morgan fingerprint density at radius 1 is 1.53 bits per heavy atom. The lowest BCUT2D eigenvalue weighted by molar-refractivity contribution is 0.0250. The number of halogens is 1. The lowest BCUT2D eigenvalue weighted by Gasteiger charge is -2.23. The molecule has 5 nitrogen and oxygen atoms in total. The first-order chi connectivity index (χ1) is 8.82. The summed E-state index contributed by atoms with van der Waals surface area (Å²) in [7, 11) is -3.61. The molecule has 0 aromatic heterocycles. The van der Waals surface area contributed by atoms with Gasteiger partial charge in [-0.15, -0.1) is 0 Å². The van der Waals surface area contributed by atoms with Crippen LogP contribution in [0.2, 0.25) is 0 Å². The SMILES string of the molecule is CC1(CNS(=O)(=O)c2ccc(Br)cc2N)CCCO1. The molecule has 1 fully saturated rings. The molecule has 19 heavy (non-hydrogen) atoms. The van der Waals surface area contributed by atoms with E-state index in [1.54, 1.807) is 12.1 Å². The van der Waals surface area contributed by atoms with Crippen molar-refractivity contribution < 1.29 is 13.2 Å². The number of benzene rings is 1. The van der Waals surface area contributed by atoms with E-state index < -0.39 is 15.6 Å². The van der Waals surface area contributed by atoms with E-state index in [9.17, 15) is 8.42 Å². The molecule has 1 atom stereocenters. The van der Waals surface area contributed by atoms with Crippen LogP contribution in [0.1, 0.15) is 19.8 Å². The van der Waals surface area contributed by atoms with Gasteiger partial charge in [-0.3, -0.25) is 0 Å². The summed E-state index contributed by atoms with van der Waals surface area (Å²) < 4.78 is 33.3. The van der Waals surface area contributed by atoms with E-state index in [1.807, 2.05) is 6.92 Å². The molecule has 0 spiro atoms. The van der Waals surface area contributed by atoms with Crippen LogP contribution in [-0.4, -0.2) is 27.2 Å². The number of rotatable bonds is 4. The first-order valence-electron chi connectivity index (χ1n) is 6.01. The number of sulfonamides is 1. The van der Waals surface area contributed by atoms with Crippen molar-refractivity contribution >= 4 is 31.6 Å². The van der Waals surface area contributed by atoms with Crippen molar-refractivity contribution in [2.45, 2.75) is 30.3 Å². The molecule has 1 aliphatic rings. The summed E-state index contributed by atoms with van der Waals surface area (Å²) in [6.45, 7) is 2.84. The van der Waals surface area contributed by atoms with Crippen molar-refractivity contribution in [2.75, 3.05) is 18.9 Å². The average molecular weight is 349 g/mol. The summed E-state index contributed by atoms with van der Waals surface area (Å²) in [6.07, 6.45) is 1.81. The van der Waals surface area contributed by atoms with Crippen LogP contribution in [0.4, 0.5) is 5.69 Å². The molecule has 1 aromatic rings. The van der Waals surface area contributed by atoms with Gasteiger partial charge in [0.15, 0.2) is 0 Å². The number of anilines is 1. The molecule has 0 aliphatic carbocycles. The number of nitrogens with two attached hydrogens (primary N) is 1. The van der Waals surface area contributed by atoms with Crippen molar-refractivity contribution in [2.24, 2.45) is 0 Å². The monoisotopic (exact) mass is 348 g/mol. The minimum atomic E-state index is -3.61. The van der Waals surface area contributed by atoms with Crippen LogP contribution in [0.3, 0.4) is 0 Å². The fraction of sp³-hybridized carbons (Fsp3) is 0.500. The lowest BCUT2D eigenvalue weighted by Crippen LogP contribution is -2.40. The van der Waals surface area contributed by atoms with Crippen LogP contribution in [-0.2, 0) is 14.8 Å². The van der Waals surface area contributed by atoms with E-state index in [1.165, 1.54) is 6.07 Å². The van der Waals surface area contributed by atoms with Crippen LogP contribution in [0.25, 0.3) is 0 Å². The third kappa shape index (κ3) is 3.47. The molecular weight excluding hydrogens is 332 g/mol. The predicted octanol–water partition coefficient (Wildman–Crippen LogP) is 1.88. The van der Waals surface area contributed by atoms with Gasteiger partial charge in [-0.1, -0.05) is 15.9 Å². The smallest absolute Gasteiger partial charge is 0.242 e. The van der Waals surface area contributed by atoms with Gasteiger partial charge in [-0.05, 0) is 38.0 Å². The lowest BCUT2D eigenvalue weighted by atomic mass is 10.0. The summed E-state index contributed by atoms with van der Waals surface area (Å²) >= 11 is 3.25. The minimum Gasteiger partial charge on any atom is -0.398 e. The minimum absolute atomic E-state index is 0.0947. The van der Waals surface area contributed by atoms with Crippen LogP contribution >= 0.6 is 15.9 Å². The molecule has 1 saturated heterocycles. The van der Waals surface area contributed by atoms with Gasteiger partial charge in [0.2, 0.25) is 10.0 Å². The van der Waals surface area contributed by atoms with Gasteiger partial charge in [0.25, 0.3) is 0 Å². The van der Waals surface area contributed by atoms with Gasteiger partial charge < -0.3 is 10.5 Å². The summed E-state index contributed by atoms with van der Waals surface area (Å²) in [4.78, 5) is 0.0947. The highest BCUT2D eigenvalue weighted by molar-refractivity contribution is 9.10. The van der Waals surface area contributed by atoms with E-state index >= 15 is 0 Å². The third-order valence-corrected chi connectivity index (χ3v) is 5.17. The Bertz CT molecular complexity index is 568. The average Bonchev–Trinajstić information content (AvgIpc) is 2.74. The quantitative estimate of drug-likeness (QED) is 0.814. The van der Waals surface area contributed by atoms with Gasteiger partial charge in [-0.25, -0.2) is 13.1 Å². The second kappa shape index (κ2) is 5.40. The molecule has 3 N–H and O–H groups in total. The Kier molecular flexibility index (Phi) is 4.20. The fourth-order valence-corrected chi connectivity index (χ4v) is 3.71. The van der Waals surface area contributed by atoms with Crippen LogP contribution < -0.4 is 10.5 Å². The molecule has 1 heterocycles. The molecular formula is C12H17BrN2O3S. The van der Waals surface area contributed by atoms with Gasteiger partial charge in [0, 0.05) is 17.6 Å². The maximum atomic E-state index is 12.2. The Hall–Kier alpha value is -0.630. The first-order valence-corrected chi connectivity index (χ1v) is 8.29. The van der Waals surface area contributed by atoms with Crippen molar-refractivity contribution in [3.63, 3.8) is 0 Å². The summed E-state index contributed by atoms with van der Waals surface area (Å²) in [5.41, 5.74) is 5.55. The highest BCUT2D eigenvalue weighted by Crippen LogP contribution is 2.26. The third-order valence-electron chi connectivity index (χ3n) is 3.20. The maximum absolute atomic E-state index is 12.2. The van der Waals surface area contributed by atoms with E-state index in [-0.39, 0.29) is 17.1 Å². The Morgan fingerprint density at radius 2 is 2.26 bits per heavy atom. The van der Waals surface area contributed by atoms with Crippen molar-refractivity contribution in [1.82, 2.24) is 4.72 Å². The second-order valence-corrected chi connectivity index (χ2v) is 7.56. The summed E-state index contributed by atoms with van der Waals surface area (Å²) in [6, 6.07) is 4.71. The molecule has 7 heteroatoms. The highest BCUT2D eigenvalue weighted by atomic mass is 79.9. The van der Waals surface area contributed by atoms with E-state index in [0.29, 0.717) is 6.61 Å². The van der Waals surface area contributed by atoms with Crippen molar-refractivity contribution in [1.29, 1.82) is 0 Å². The molecule has 1 aliphatic heterocycles. The fourth-order valence-electron chi connectivity index (χ4n) is 2.07. The Labute approximate surface area is 121 Å². The van der Waals surface area contributed by atoms with Gasteiger partial charge in [0.1, 0.15) is 4.90 Å². The summed E-state index contributed by atoms with van der Waals surface area (Å²) in [5.74, 6) is 0. The molecule has 0 radical (unpaired) electrons.